The van der Waals surface area contributed by atoms with Gasteiger partial charge in [0, 0.05) is 25.7 Å². The molecule has 4 N–H and O–H groups in total. The third-order valence-corrected chi connectivity index (χ3v) is 5.80. The summed E-state index contributed by atoms with van der Waals surface area (Å²) in [5, 5.41) is 6.06. The van der Waals surface area contributed by atoms with Gasteiger partial charge in [0.05, 0.1) is 18.4 Å². The molecular weight excluding hydrogens is 497 g/mol. The zero-order chi connectivity index (χ0) is 28.3. The molecule has 3 rings (SSSR count). The topological polar surface area (TPSA) is 130 Å². The summed E-state index contributed by atoms with van der Waals surface area (Å²) in [6.07, 6.45) is 1.22. The Hall–Kier alpha value is -3.44. The number of rotatable bonds is 7. The van der Waals surface area contributed by atoms with Crippen LogP contribution in [-0.2, 0) is 9.47 Å². The van der Waals surface area contributed by atoms with Gasteiger partial charge in [-0.1, -0.05) is 0 Å². The minimum atomic E-state index is -0.838. The molecule has 1 aliphatic heterocycles. The molecule has 1 saturated carbocycles. The summed E-state index contributed by atoms with van der Waals surface area (Å²) in [7, 11) is 1.43. The van der Waals surface area contributed by atoms with Crippen molar-refractivity contribution in [3.63, 3.8) is 0 Å². The summed E-state index contributed by atoms with van der Waals surface area (Å²) in [4.78, 5) is 38.8. The van der Waals surface area contributed by atoms with Crippen LogP contribution in [0.4, 0.5) is 25.4 Å². The molecule has 1 aromatic rings. The average Bonchev–Trinajstić information content (AvgIpc) is 3.48. The van der Waals surface area contributed by atoms with E-state index in [1.807, 2.05) is 4.90 Å². The molecule has 1 aromatic carbocycles. The van der Waals surface area contributed by atoms with Crippen molar-refractivity contribution in [2.24, 2.45) is 5.92 Å². The van der Waals surface area contributed by atoms with Crippen molar-refractivity contribution in [3.8, 4) is 5.75 Å². The van der Waals surface area contributed by atoms with Crippen molar-refractivity contribution >= 4 is 29.5 Å². The van der Waals surface area contributed by atoms with Gasteiger partial charge in [0.15, 0.2) is 11.6 Å². The number of anilines is 2. The smallest absolute Gasteiger partial charge is 0.426 e. The van der Waals surface area contributed by atoms with E-state index in [2.05, 4.69) is 21.5 Å². The van der Waals surface area contributed by atoms with Crippen molar-refractivity contribution in [1.82, 2.24) is 16.2 Å². The lowest BCUT2D eigenvalue weighted by Crippen LogP contribution is -2.44. The largest absolute Gasteiger partial charge is 0.492 e. The Morgan fingerprint density at radius 3 is 2.21 bits per heavy atom. The molecular formula is C26H40FN5O6. The molecule has 1 heterocycles. The molecule has 0 bridgehead atoms. The van der Waals surface area contributed by atoms with E-state index in [1.54, 1.807) is 41.5 Å². The normalized spacial score (nSPS) is 17.5. The Kier molecular flexibility index (Phi) is 8.83. The van der Waals surface area contributed by atoms with E-state index in [0.717, 1.165) is 25.3 Å². The first-order chi connectivity index (χ1) is 17.7. The number of hydrazine groups is 1. The quantitative estimate of drug-likeness (QED) is 0.385. The summed E-state index contributed by atoms with van der Waals surface area (Å²) < 4.78 is 31.6. The summed E-state index contributed by atoms with van der Waals surface area (Å²) in [5.41, 5.74) is 3.72. The van der Waals surface area contributed by atoms with Crippen molar-refractivity contribution < 1.29 is 33.0 Å². The van der Waals surface area contributed by atoms with Gasteiger partial charge in [-0.2, -0.15) is 0 Å². The van der Waals surface area contributed by atoms with Gasteiger partial charge in [-0.15, -0.1) is 0 Å². The van der Waals surface area contributed by atoms with Gasteiger partial charge < -0.3 is 29.7 Å². The molecule has 38 heavy (non-hydrogen) atoms. The summed E-state index contributed by atoms with van der Waals surface area (Å²) in [5.74, 6) is -1.07. The molecule has 11 nitrogen and oxygen atoms in total. The van der Waals surface area contributed by atoms with Crippen LogP contribution in [0.2, 0.25) is 0 Å². The van der Waals surface area contributed by atoms with Gasteiger partial charge in [-0.3, -0.25) is 10.2 Å². The molecule has 1 unspecified atom stereocenters. The molecule has 1 saturated heterocycles. The predicted octanol–water partition coefficient (Wildman–Crippen LogP) is 3.93. The van der Waals surface area contributed by atoms with Crippen LogP contribution in [-0.4, -0.2) is 62.1 Å². The van der Waals surface area contributed by atoms with Crippen LogP contribution in [0.15, 0.2) is 6.07 Å². The standard InChI is InChI=1S/C26H40FN5O6/c1-25(2,3)37-23(34)28-13-15-10-11-32(14-15)20-18(27)12-17(19(21(20)36-7)29-16-8-9-16)22(33)30-31-24(35)38-26(4,5)6/h12,15-16,29H,8-11,13-14H2,1-7H3,(H,28,34)(H,30,33)(H,31,35). The lowest BCUT2D eigenvalue weighted by atomic mass is 10.1. The number of alkyl carbamates (subject to hydrolysis) is 1. The molecule has 0 aromatic heterocycles. The van der Waals surface area contributed by atoms with Crippen LogP contribution in [0, 0.1) is 11.7 Å². The van der Waals surface area contributed by atoms with Gasteiger partial charge in [-0.05, 0) is 72.8 Å². The first kappa shape index (κ1) is 29.1. The molecule has 3 amide bonds. The molecule has 2 fully saturated rings. The van der Waals surface area contributed by atoms with E-state index in [9.17, 15) is 14.4 Å². The SMILES string of the molecule is COc1c(NC2CC2)c(C(=O)NNC(=O)OC(C)(C)C)cc(F)c1N1CCC(CNC(=O)OC(C)(C)C)C1. The second kappa shape index (κ2) is 11.5. The van der Waals surface area contributed by atoms with Gasteiger partial charge in [0.2, 0.25) is 0 Å². The maximum Gasteiger partial charge on any atom is 0.426 e. The molecule has 0 spiro atoms. The van der Waals surface area contributed by atoms with Crippen LogP contribution >= 0.6 is 0 Å². The first-order valence-electron chi connectivity index (χ1n) is 12.8. The first-order valence-corrected chi connectivity index (χ1v) is 12.8. The van der Waals surface area contributed by atoms with E-state index < -0.39 is 35.1 Å². The highest BCUT2D eigenvalue weighted by molar-refractivity contribution is 6.03. The summed E-state index contributed by atoms with van der Waals surface area (Å²) in [6, 6.07) is 1.28. The Morgan fingerprint density at radius 1 is 1.00 bits per heavy atom. The van der Waals surface area contributed by atoms with E-state index in [-0.39, 0.29) is 29.0 Å². The number of methoxy groups -OCH3 is 1. The molecule has 1 atom stereocenters. The van der Waals surface area contributed by atoms with Crippen molar-refractivity contribution in [2.45, 2.75) is 78.0 Å². The number of hydrogen-bond donors (Lipinski definition) is 4. The van der Waals surface area contributed by atoms with Crippen molar-refractivity contribution in [1.29, 1.82) is 0 Å². The Bertz CT molecular complexity index is 1050. The number of ether oxygens (including phenoxy) is 3. The second-order valence-electron chi connectivity index (χ2n) is 11.6. The predicted molar refractivity (Wildman–Crippen MR) is 141 cm³/mol. The van der Waals surface area contributed by atoms with Gasteiger partial charge in [0.1, 0.15) is 16.9 Å². The van der Waals surface area contributed by atoms with Crippen molar-refractivity contribution in [2.75, 3.05) is 37.0 Å². The fourth-order valence-corrected chi connectivity index (χ4v) is 4.09. The average molecular weight is 538 g/mol. The maximum atomic E-state index is 15.6. The Balaban J connectivity index is 1.77. The zero-order valence-corrected chi connectivity index (χ0v) is 23.2. The van der Waals surface area contributed by atoms with Crippen LogP contribution in [0.5, 0.6) is 5.75 Å². The number of amides is 3. The van der Waals surface area contributed by atoms with E-state index >= 15 is 4.39 Å². The molecule has 212 valence electrons. The third kappa shape index (κ3) is 8.29. The molecule has 0 radical (unpaired) electrons. The number of carbonyl (C=O) groups is 3. The number of nitrogens with zero attached hydrogens (tertiary/aromatic N) is 1. The Labute approximate surface area is 223 Å². The fraction of sp³-hybridized carbons (Fsp3) is 0.654. The highest BCUT2D eigenvalue weighted by Gasteiger charge is 2.33. The summed E-state index contributed by atoms with van der Waals surface area (Å²) >= 11 is 0. The number of nitrogens with one attached hydrogen (secondary N) is 4. The van der Waals surface area contributed by atoms with Crippen LogP contribution < -0.4 is 31.1 Å². The minimum Gasteiger partial charge on any atom is -0.492 e. The lowest BCUT2D eigenvalue weighted by molar-refractivity contribution is 0.0481. The van der Waals surface area contributed by atoms with Gasteiger partial charge in [0.25, 0.3) is 5.91 Å². The molecule has 12 heteroatoms. The number of benzene rings is 1. The highest BCUT2D eigenvalue weighted by Crippen LogP contribution is 2.44. The van der Waals surface area contributed by atoms with Gasteiger partial charge >= 0.3 is 12.2 Å². The van der Waals surface area contributed by atoms with Crippen molar-refractivity contribution in [3.05, 3.63) is 17.4 Å². The molecule has 2 aliphatic rings. The highest BCUT2D eigenvalue weighted by atomic mass is 19.1. The minimum absolute atomic E-state index is 0.00611. The van der Waals surface area contributed by atoms with E-state index in [0.29, 0.717) is 25.3 Å². The van der Waals surface area contributed by atoms with Crippen LogP contribution in [0.3, 0.4) is 0 Å². The summed E-state index contributed by atoms with van der Waals surface area (Å²) in [6.45, 7) is 11.9. The monoisotopic (exact) mass is 537 g/mol. The van der Waals surface area contributed by atoms with Crippen LogP contribution in [0.1, 0.15) is 71.2 Å². The van der Waals surface area contributed by atoms with Gasteiger partial charge in [-0.25, -0.2) is 19.4 Å². The molecule has 1 aliphatic carbocycles. The number of hydrogen-bond acceptors (Lipinski definition) is 8. The maximum absolute atomic E-state index is 15.6. The lowest BCUT2D eigenvalue weighted by Gasteiger charge is -2.26. The zero-order valence-electron chi connectivity index (χ0n) is 23.2. The second-order valence-corrected chi connectivity index (χ2v) is 11.6. The number of carbonyl (C=O) groups excluding carboxylic acids is 3. The van der Waals surface area contributed by atoms with E-state index in [1.165, 1.54) is 7.11 Å². The fourth-order valence-electron chi connectivity index (χ4n) is 4.09. The van der Waals surface area contributed by atoms with Crippen LogP contribution in [0.25, 0.3) is 0 Å². The number of halogens is 1. The third-order valence-electron chi connectivity index (χ3n) is 5.80. The Morgan fingerprint density at radius 2 is 1.63 bits per heavy atom. The van der Waals surface area contributed by atoms with E-state index in [4.69, 9.17) is 14.2 Å².